The van der Waals surface area contributed by atoms with E-state index in [1.807, 2.05) is 26.0 Å². The van der Waals surface area contributed by atoms with Crippen LogP contribution in [-0.2, 0) is 16.8 Å². The van der Waals surface area contributed by atoms with Crippen molar-refractivity contribution in [3.63, 3.8) is 0 Å². The highest BCUT2D eigenvalue weighted by Crippen LogP contribution is 2.30. The quantitative estimate of drug-likeness (QED) is 0.682. The number of hydrogen-bond acceptors (Lipinski definition) is 2. The van der Waals surface area contributed by atoms with E-state index in [9.17, 15) is 9.59 Å². The van der Waals surface area contributed by atoms with Crippen LogP contribution in [-0.4, -0.2) is 22.0 Å². The van der Waals surface area contributed by atoms with Crippen molar-refractivity contribution in [1.82, 2.24) is 14.9 Å². The molecule has 144 valence electrons. The van der Waals surface area contributed by atoms with E-state index in [0.29, 0.717) is 18.5 Å². The van der Waals surface area contributed by atoms with Crippen LogP contribution in [0, 0.1) is 0 Å². The van der Waals surface area contributed by atoms with Crippen molar-refractivity contribution >= 4 is 16.8 Å². The number of pyridine rings is 1. The molecule has 1 saturated heterocycles. The molecule has 0 spiro atoms. The Morgan fingerprint density at radius 3 is 2.75 bits per heavy atom. The largest absolute Gasteiger partial charge is 0.355 e. The number of hydrogen-bond donors (Lipinski definition) is 2. The van der Waals surface area contributed by atoms with Crippen LogP contribution in [0.25, 0.3) is 22.2 Å². The first-order chi connectivity index (χ1) is 13.4. The van der Waals surface area contributed by atoms with Crippen LogP contribution >= 0.6 is 0 Å². The van der Waals surface area contributed by atoms with E-state index in [0.717, 1.165) is 40.7 Å². The summed E-state index contributed by atoms with van der Waals surface area (Å²) in [6, 6.07) is 11.9. The standard InChI is InChI=1S/C23H25N3O2/c1-15(2)14-26-12-9-16-5-6-17(13-20(16)26)19-8-7-18(21(27)25-19)23(3)10-4-11-24-22(23)28/h5-9,12-13H,1,4,10-11,14H2,2-3H3,(H,24,28)(H,25,27)/t23-/m1/s1. The van der Waals surface area contributed by atoms with Crippen LogP contribution in [0.5, 0.6) is 0 Å². The van der Waals surface area contributed by atoms with Gasteiger partial charge in [0.15, 0.2) is 0 Å². The van der Waals surface area contributed by atoms with Gasteiger partial charge in [0, 0.05) is 41.6 Å². The molecule has 2 N–H and O–H groups in total. The van der Waals surface area contributed by atoms with Crippen molar-refractivity contribution in [3.8, 4) is 11.3 Å². The number of amides is 1. The minimum Gasteiger partial charge on any atom is -0.355 e. The van der Waals surface area contributed by atoms with Crippen molar-refractivity contribution in [2.75, 3.05) is 6.54 Å². The second kappa shape index (κ2) is 6.82. The molecule has 2 aromatic heterocycles. The van der Waals surface area contributed by atoms with Gasteiger partial charge >= 0.3 is 0 Å². The van der Waals surface area contributed by atoms with E-state index in [1.165, 1.54) is 0 Å². The number of H-pyrrole nitrogens is 1. The molecule has 1 amide bonds. The van der Waals surface area contributed by atoms with Crippen LogP contribution in [0.4, 0.5) is 0 Å². The van der Waals surface area contributed by atoms with E-state index in [2.05, 4.69) is 45.8 Å². The minimum absolute atomic E-state index is 0.0731. The number of benzene rings is 1. The topological polar surface area (TPSA) is 66.9 Å². The molecule has 3 heterocycles. The SMILES string of the molecule is C=C(C)Cn1ccc2ccc(-c3ccc([C@@]4(C)CCCNC4=O)c(=O)[nH]3)cc21. The van der Waals surface area contributed by atoms with Crippen LogP contribution in [0.2, 0.25) is 0 Å². The van der Waals surface area contributed by atoms with E-state index >= 15 is 0 Å². The van der Waals surface area contributed by atoms with Gasteiger partial charge in [-0.05, 0) is 50.3 Å². The van der Waals surface area contributed by atoms with E-state index in [-0.39, 0.29) is 11.5 Å². The fourth-order valence-corrected chi connectivity index (χ4v) is 4.07. The van der Waals surface area contributed by atoms with E-state index < -0.39 is 5.41 Å². The van der Waals surface area contributed by atoms with Gasteiger partial charge in [0.25, 0.3) is 5.56 Å². The lowest BCUT2D eigenvalue weighted by Crippen LogP contribution is -2.49. The summed E-state index contributed by atoms with van der Waals surface area (Å²) in [6.45, 7) is 9.29. The summed E-state index contributed by atoms with van der Waals surface area (Å²) in [7, 11) is 0. The first-order valence-corrected chi connectivity index (χ1v) is 9.64. The summed E-state index contributed by atoms with van der Waals surface area (Å²) in [5.74, 6) is -0.0731. The zero-order valence-electron chi connectivity index (χ0n) is 16.3. The molecule has 1 fully saturated rings. The number of aromatic nitrogens is 2. The Bertz CT molecular complexity index is 1140. The summed E-state index contributed by atoms with van der Waals surface area (Å²) in [6.07, 6.45) is 3.61. The van der Waals surface area contributed by atoms with Gasteiger partial charge in [-0.25, -0.2) is 0 Å². The maximum absolute atomic E-state index is 12.8. The molecule has 1 aromatic carbocycles. The third-order valence-electron chi connectivity index (χ3n) is 5.67. The Hall–Kier alpha value is -3.08. The Kier molecular flexibility index (Phi) is 4.46. The average Bonchev–Trinajstić information content (AvgIpc) is 3.05. The van der Waals surface area contributed by atoms with E-state index in [4.69, 9.17) is 0 Å². The maximum atomic E-state index is 12.8. The lowest BCUT2D eigenvalue weighted by Gasteiger charge is -2.32. The van der Waals surface area contributed by atoms with E-state index in [1.54, 1.807) is 6.07 Å². The molecular weight excluding hydrogens is 350 g/mol. The van der Waals surface area contributed by atoms with Crippen molar-refractivity contribution in [3.05, 3.63) is 70.7 Å². The number of carbonyl (C=O) groups excluding carboxylic acids is 1. The number of fused-ring (bicyclic) bond motifs is 1. The molecule has 5 nitrogen and oxygen atoms in total. The van der Waals surface area contributed by atoms with Crippen molar-refractivity contribution in [2.45, 2.75) is 38.6 Å². The second-order valence-corrected chi connectivity index (χ2v) is 7.98. The molecule has 3 aromatic rings. The predicted octanol–water partition coefficient (Wildman–Crippen LogP) is 3.74. The molecule has 4 rings (SSSR count). The highest BCUT2D eigenvalue weighted by atomic mass is 16.2. The maximum Gasteiger partial charge on any atom is 0.252 e. The molecule has 1 aliphatic heterocycles. The number of aromatic amines is 1. The van der Waals surface area contributed by atoms with Crippen LogP contribution in [0.3, 0.4) is 0 Å². The van der Waals surface area contributed by atoms with Gasteiger partial charge in [-0.2, -0.15) is 0 Å². The molecule has 0 aliphatic carbocycles. The third kappa shape index (κ3) is 3.07. The highest BCUT2D eigenvalue weighted by molar-refractivity contribution is 5.88. The summed E-state index contributed by atoms with van der Waals surface area (Å²) in [5, 5.41) is 4.03. The number of piperidine rings is 1. The number of allylic oxidation sites excluding steroid dienone is 1. The molecule has 0 radical (unpaired) electrons. The van der Waals surface area contributed by atoms with Crippen LogP contribution in [0.1, 0.15) is 32.3 Å². The van der Waals surface area contributed by atoms with Gasteiger partial charge in [-0.1, -0.05) is 30.4 Å². The average molecular weight is 375 g/mol. The number of carbonyl (C=O) groups is 1. The second-order valence-electron chi connectivity index (χ2n) is 7.98. The van der Waals surface area contributed by atoms with Crippen molar-refractivity contribution in [1.29, 1.82) is 0 Å². The zero-order chi connectivity index (χ0) is 19.9. The summed E-state index contributed by atoms with van der Waals surface area (Å²) < 4.78 is 2.15. The molecule has 0 saturated carbocycles. The molecule has 0 bridgehead atoms. The normalized spacial score (nSPS) is 19.6. The fraction of sp³-hybridized carbons (Fsp3) is 0.304. The first kappa shape index (κ1) is 18.3. The molecule has 0 unspecified atom stereocenters. The lowest BCUT2D eigenvalue weighted by atomic mass is 9.76. The fourth-order valence-electron chi connectivity index (χ4n) is 4.07. The van der Waals surface area contributed by atoms with Crippen molar-refractivity contribution in [2.24, 2.45) is 0 Å². The summed E-state index contributed by atoms with van der Waals surface area (Å²) in [4.78, 5) is 28.2. The zero-order valence-corrected chi connectivity index (χ0v) is 16.3. The van der Waals surface area contributed by atoms with Gasteiger partial charge in [-0.3, -0.25) is 9.59 Å². The number of rotatable bonds is 4. The van der Waals surface area contributed by atoms with Gasteiger partial charge in [0.1, 0.15) is 0 Å². The Morgan fingerprint density at radius 2 is 2.04 bits per heavy atom. The van der Waals surface area contributed by atoms with Crippen molar-refractivity contribution < 1.29 is 4.79 Å². The highest BCUT2D eigenvalue weighted by Gasteiger charge is 2.39. The molecule has 5 heteroatoms. The molecule has 1 atom stereocenters. The van der Waals surface area contributed by atoms with Gasteiger partial charge in [0.2, 0.25) is 5.91 Å². The van der Waals surface area contributed by atoms with Crippen LogP contribution < -0.4 is 10.9 Å². The molecule has 1 aliphatic rings. The monoisotopic (exact) mass is 375 g/mol. The minimum atomic E-state index is -0.773. The Morgan fingerprint density at radius 1 is 1.21 bits per heavy atom. The number of nitrogens with zero attached hydrogens (tertiary/aromatic N) is 1. The Labute approximate surface area is 164 Å². The number of nitrogens with one attached hydrogen (secondary N) is 2. The summed E-state index contributed by atoms with van der Waals surface area (Å²) >= 11 is 0. The van der Waals surface area contributed by atoms with Gasteiger partial charge < -0.3 is 14.9 Å². The molecule has 28 heavy (non-hydrogen) atoms. The van der Waals surface area contributed by atoms with Gasteiger partial charge in [0.05, 0.1) is 5.41 Å². The smallest absolute Gasteiger partial charge is 0.252 e. The molecular formula is C23H25N3O2. The lowest BCUT2D eigenvalue weighted by molar-refractivity contribution is -0.128. The summed E-state index contributed by atoms with van der Waals surface area (Å²) in [5.41, 5.74) is 3.43. The van der Waals surface area contributed by atoms with Gasteiger partial charge in [-0.15, -0.1) is 0 Å². The first-order valence-electron chi connectivity index (χ1n) is 9.64. The van der Waals surface area contributed by atoms with Crippen LogP contribution in [0.15, 0.2) is 59.5 Å². The third-order valence-corrected chi connectivity index (χ3v) is 5.67. The Balaban J connectivity index is 1.74. The predicted molar refractivity (Wildman–Crippen MR) is 112 cm³/mol.